The molecule has 0 fully saturated rings. The second-order valence-electron chi connectivity index (χ2n) is 7.39. The van der Waals surface area contributed by atoms with Crippen LogP contribution in [0.3, 0.4) is 0 Å². The third kappa shape index (κ3) is 4.34. The number of carbonyl (C=O) groups excluding carboxylic acids is 1. The SMILES string of the molecule is CC1=C(C(=O)Nc2cc(C)cc(C)c2)[C@@H](c2ccc(N(C)C)cc2)NC(=S)N1. The van der Waals surface area contributed by atoms with Crippen LogP contribution in [-0.2, 0) is 4.79 Å². The van der Waals surface area contributed by atoms with Crippen LogP contribution >= 0.6 is 12.2 Å². The van der Waals surface area contributed by atoms with Crippen molar-refractivity contribution < 1.29 is 4.79 Å². The number of amides is 1. The third-order valence-corrected chi connectivity index (χ3v) is 4.96. The topological polar surface area (TPSA) is 56.4 Å². The van der Waals surface area contributed by atoms with Gasteiger partial charge in [0.1, 0.15) is 0 Å². The number of aryl methyl sites for hydroxylation is 2. The standard InChI is InChI=1S/C22H26N4OS/c1-13-10-14(2)12-17(11-13)24-21(27)19-15(3)23-22(28)25-20(19)16-6-8-18(9-7-16)26(4)5/h6-12,20H,1-5H3,(H,24,27)(H2,23,25,28)/t20-/m1/s1. The summed E-state index contributed by atoms with van der Waals surface area (Å²) < 4.78 is 0. The van der Waals surface area contributed by atoms with Crippen molar-refractivity contribution in [2.75, 3.05) is 24.3 Å². The van der Waals surface area contributed by atoms with Gasteiger partial charge < -0.3 is 20.9 Å². The molecule has 0 radical (unpaired) electrons. The average molecular weight is 395 g/mol. The molecule has 0 aliphatic carbocycles. The molecule has 1 amide bonds. The van der Waals surface area contributed by atoms with Crippen molar-refractivity contribution in [2.45, 2.75) is 26.8 Å². The van der Waals surface area contributed by atoms with Gasteiger partial charge in [0.15, 0.2) is 5.11 Å². The first-order chi connectivity index (χ1) is 13.2. The van der Waals surface area contributed by atoms with Crippen LogP contribution in [0.1, 0.15) is 29.7 Å². The van der Waals surface area contributed by atoms with Crippen molar-refractivity contribution in [3.63, 3.8) is 0 Å². The smallest absolute Gasteiger partial charge is 0.255 e. The van der Waals surface area contributed by atoms with E-state index in [1.807, 2.05) is 76.2 Å². The molecule has 146 valence electrons. The number of nitrogens with zero attached hydrogens (tertiary/aromatic N) is 1. The molecule has 0 spiro atoms. The van der Waals surface area contributed by atoms with Crippen LogP contribution in [0.15, 0.2) is 53.7 Å². The summed E-state index contributed by atoms with van der Waals surface area (Å²) in [6, 6.07) is 13.8. The van der Waals surface area contributed by atoms with E-state index in [1.165, 1.54) is 0 Å². The molecule has 5 nitrogen and oxygen atoms in total. The number of thiocarbonyl (C=S) groups is 1. The lowest BCUT2D eigenvalue weighted by molar-refractivity contribution is -0.113. The van der Waals surface area contributed by atoms with Crippen LogP contribution in [0.25, 0.3) is 0 Å². The molecule has 0 saturated heterocycles. The molecule has 1 heterocycles. The Kier molecular flexibility index (Phi) is 5.70. The van der Waals surface area contributed by atoms with Crippen molar-refractivity contribution in [3.05, 3.63) is 70.4 Å². The monoisotopic (exact) mass is 394 g/mol. The minimum Gasteiger partial charge on any atom is -0.378 e. The molecule has 0 saturated carbocycles. The summed E-state index contributed by atoms with van der Waals surface area (Å²) in [5.41, 5.74) is 6.48. The van der Waals surface area contributed by atoms with Gasteiger partial charge in [-0.15, -0.1) is 0 Å². The Labute approximate surface area is 171 Å². The number of rotatable bonds is 4. The van der Waals surface area contributed by atoms with Gasteiger partial charge in [0.2, 0.25) is 0 Å². The maximum atomic E-state index is 13.2. The highest BCUT2D eigenvalue weighted by Gasteiger charge is 2.30. The Morgan fingerprint density at radius 3 is 2.21 bits per heavy atom. The highest BCUT2D eigenvalue weighted by atomic mass is 32.1. The Bertz CT molecular complexity index is 927. The van der Waals surface area contributed by atoms with E-state index in [4.69, 9.17) is 12.2 Å². The second-order valence-corrected chi connectivity index (χ2v) is 7.79. The molecule has 1 atom stereocenters. The zero-order valence-corrected chi connectivity index (χ0v) is 17.7. The number of carbonyl (C=O) groups is 1. The minimum absolute atomic E-state index is 0.147. The first-order valence-corrected chi connectivity index (χ1v) is 9.60. The summed E-state index contributed by atoms with van der Waals surface area (Å²) >= 11 is 5.33. The summed E-state index contributed by atoms with van der Waals surface area (Å²) in [4.78, 5) is 15.2. The molecule has 3 N–H and O–H groups in total. The minimum atomic E-state index is -0.309. The molecular weight excluding hydrogens is 368 g/mol. The molecule has 28 heavy (non-hydrogen) atoms. The summed E-state index contributed by atoms with van der Waals surface area (Å²) in [5.74, 6) is -0.147. The van der Waals surface area contributed by atoms with E-state index in [9.17, 15) is 4.79 Å². The van der Waals surface area contributed by atoms with Gasteiger partial charge >= 0.3 is 0 Å². The van der Waals surface area contributed by atoms with Crippen LogP contribution in [0.4, 0.5) is 11.4 Å². The largest absolute Gasteiger partial charge is 0.378 e. The van der Waals surface area contributed by atoms with E-state index in [-0.39, 0.29) is 11.9 Å². The lowest BCUT2D eigenvalue weighted by Crippen LogP contribution is -2.45. The Morgan fingerprint density at radius 1 is 1.04 bits per heavy atom. The fourth-order valence-electron chi connectivity index (χ4n) is 3.46. The van der Waals surface area contributed by atoms with Crippen molar-refractivity contribution in [2.24, 2.45) is 0 Å². The zero-order valence-electron chi connectivity index (χ0n) is 16.9. The quantitative estimate of drug-likeness (QED) is 0.689. The van der Waals surface area contributed by atoms with Crippen molar-refractivity contribution in [1.29, 1.82) is 0 Å². The number of hydrogen-bond acceptors (Lipinski definition) is 3. The normalized spacial score (nSPS) is 16.3. The van der Waals surface area contributed by atoms with Gasteiger partial charge in [0.25, 0.3) is 5.91 Å². The van der Waals surface area contributed by atoms with Gasteiger partial charge in [-0.05, 0) is 73.9 Å². The van der Waals surface area contributed by atoms with Crippen LogP contribution in [-0.4, -0.2) is 25.1 Å². The maximum Gasteiger partial charge on any atom is 0.255 e. The fraction of sp³-hybridized carbons (Fsp3) is 0.273. The first-order valence-electron chi connectivity index (χ1n) is 9.20. The Morgan fingerprint density at radius 2 is 1.64 bits per heavy atom. The van der Waals surface area contributed by atoms with Gasteiger partial charge in [0.05, 0.1) is 11.6 Å². The first kappa shape index (κ1) is 19.9. The van der Waals surface area contributed by atoms with Crippen LogP contribution in [0, 0.1) is 13.8 Å². The van der Waals surface area contributed by atoms with E-state index in [2.05, 4.69) is 22.0 Å². The van der Waals surface area contributed by atoms with Gasteiger partial charge in [-0.1, -0.05) is 18.2 Å². The number of benzene rings is 2. The molecule has 6 heteroatoms. The predicted molar refractivity (Wildman–Crippen MR) is 120 cm³/mol. The van der Waals surface area contributed by atoms with Gasteiger partial charge in [-0.25, -0.2) is 0 Å². The molecule has 2 aromatic rings. The van der Waals surface area contributed by atoms with Crippen LogP contribution < -0.4 is 20.9 Å². The lowest BCUT2D eigenvalue weighted by Gasteiger charge is -2.30. The number of nitrogens with one attached hydrogen (secondary N) is 3. The summed E-state index contributed by atoms with van der Waals surface area (Å²) in [7, 11) is 4.00. The Hall–Kier alpha value is -2.86. The number of hydrogen-bond donors (Lipinski definition) is 3. The third-order valence-electron chi connectivity index (χ3n) is 4.74. The van der Waals surface area contributed by atoms with Gasteiger partial charge in [-0.3, -0.25) is 4.79 Å². The second kappa shape index (κ2) is 8.02. The van der Waals surface area contributed by atoms with E-state index < -0.39 is 0 Å². The molecule has 2 aromatic carbocycles. The zero-order chi connectivity index (χ0) is 20.4. The van der Waals surface area contributed by atoms with Gasteiger partial charge in [-0.2, -0.15) is 0 Å². The average Bonchev–Trinajstić information content (AvgIpc) is 2.60. The summed E-state index contributed by atoms with van der Waals surface area (Å²) in [6.07, 6.45) is 0. The molecule has 3 rings (SSSR count). The number of allylic oxidation sites excluding steroid dienone is 1. The molecule has 1 aliphatic heterocycles. The Balaban J connectivity index is 1.93. The number of anilines is 2. The van der Waals surface area contributed by atoms with E-state index >= 15 is 0 Å². The molecule has 0 aromatic heterocycles. The highest BCUT2D eigenvalue weighted by molar-refractivity contribution is 7.80. The maximum absolute atomic E-state index is 13.2. The van der Waals surface area contributed by atoms with Crippen molar-refractivity contribution in [3.8, 4) is 0 Å². The fourth-order valence-corrected chi connectivity index (χ4v) is 3.73. The molecular formula is C22H26N4OS. The molecule has 0 bridgehead atoms. The summed E-state index contributed by atoms with van der Waals surface area (Å²) in [5, 5.41) is 9.87. The molecule has 0 unspecified atom stereocenters. The molecule has 1 aliphatic rings. The van der Waals surface area contributed by atoms with Crippen molar-refractivity contribution >= 4 is 34.6 Å². The van der Waals surface area contributed by atoms with E-state index in [0.29, 0.717) is 10.7 Å². The highest BCUT2D eigenvalue weighted by Crippen LogP contribution is 2.29. The van der Waals surface area contributed by atoms with Crippen molar-refractivity contribution in [1.82, 2.24) is 10.6 Å². The lowest BCUT2D eigenvalue weighted by atomic mass is 9.94. The van der Waals surface area contributed by atoms with Crippen LogP contribution in [0.5, 0.6) is 0 Å². The van der Waals surface area contributed by atoms with Gasteiger partial charge in [0, 0.05) is 31.2 Å². The van der Waals surface area contributed by atoms with E-state index in [1.54, 1.807) is 0 Å². The predicted octanol–water partition coefficient (Wildman–Crippen LogP) is 3.80. The van der Waals surface area contributed by atoms with E-state index in [0.717, 1.165) is 33.8 Å². The summed E-state index contributed by atoms with van der Waals surface area (Å²) in [6.45, 7) is 5.92. The van der Waals surface area contributed by atoms with Crippen LogP contribution in [0.2, 0.25) is 0 Å².